The number of benzene rings is 2. The minimum absolute atomic E-state index is 0.305. The Hall–Kier alpha value is -1.03. The van der Waals surface area contributed by atoms with Gasteiger partial charge in [-0.1, -0.05) is 39.7 Å². The van der Waals surface area contributed by atoms with E-state index >= 15 is 0 Å². The highest BCUT2D eigenvalue weighted by molar-refractivity contribution is 9.10. The predicted octanol–water partition coefficient (Wildman–Crippen LogP) is 4.14. The van der Waals surface area contributed by atoms with E-state index in [2.05, 4.69) is 21.2 Å². The van der Waals surface area contributed by atoms with Gasteiger partial charge < -0.3 is 10.4 Å². The molecule has 0 unspecified atom stereocenters. The maximum atomic E-state index is 9.20. The third-order valence-electron chi connectivity index (χ3n) is 2.85. The molecule has 0 aliphatic rings. The summed E-state index contributed by atoms with van der Waals surface area (Å²) in [5.74, 6) is 0.305. The van der Waals surface area contributed by atoms with E-state index in [-0.39, 0.29) is 0 Å². The average Bonchev–Trinajstić information content (AvgIpc) is 2.40. The summed E-state index contributed by atoms with van der Waals surface area (Å²) in [7, 11) is 0. The lowest BCUT2D eigenvalue weighted by atomic mass is 10.1. The fourth-order valence-corrected chi connectivity index (χ4v) is 2.38. The van der Waals surface area contributed by atoms with Gasteiger partial charge in [0, 0.05) is 16.0 Å². The van der Waals surface area contributed by atoms with Gasteiger partial charge in [-0.3, -0.25) is 0 Å². The first-order valence-electron chi connectivity index (χ1n) is 6.08. The Morgan fingerprint density at radius 3 is 2.58 bits per heavy atom. The quantitative estimate of drug-likeness (QED) is 0.802. The third-order valence-corrected chi connectivity index (χ3v) is 3.86. The molecule has 4 heteroatoms. The van der Waals surface area contributed by atoms with Crippen molar-refractivity contribution in [2.24, 2.45) is 0 Å². The molecule has 0 bridgehead atoms. The van der Waals surface area contributed by atoms with Gasteiger partial charge in [-0.2, -0.15) is 0 Å². The van der Waals surface area contributed by atoms with Crippen LogP contribution in [0.2, 0.25) is 5.02 Å². The molecule has 2 aromatic carbocycles. The summed E-state index contributed by atoms with van der Waals surface area (Å²) >= 11 is 9.48. The normalized spacial score (nSPS) is 10.6. The Kier molecular flexibility index (Phi) is 5.25. The molecule has 100 valence electrons. The summed E-state index contributed by atoms with van der Waals surface area (Å²) in [5, 5.41) is 13.3. The van der Waals surface area contributed by atoms with Crippen molar-refractivity contribution >= 4 is 27.5 Å². The van der Waals surface area contributed by atoms with Crippen molar-refractivity contribution in [3.05, 3.63) is 63.1 Å². The maximum Gasteiger partial charge on any atom is 0.115 e. The van der Waals surface area contributed by atoms with Crippen molar-refractivity contribution in [2.45, 2.75) is 13.0 Å². The topological polar surface area (TPSA) is 32.3 Å². The average molecular weight is 341 g/mol. The molecule has 2 nitrogen and oxygen atoms in total. The summed E-state index contributed by atoms with van der Waals surface area (Å²) in [5.41, 5.74) is 2.36. The second-order valence-corrected chi connectivity index (χ2v) is 5.62. The first kappa shape index (κ1) is 14.4. The van der Waals surface area contributed by atoms with Crippen molar-refractivity contribution < 1.29 is 5.11 Å². The standard InChI is InChI=1S/C15H15BrClNO/c16-15-6-3-13(17)9-12(15)10-18-8-7-11-1-4-14(19)5-2-11/h1-6,9,18-19H,7-8,10H2. The number of rotatable bonds is 5. The number of hydrogen-bond donors (Lipinski definition) is 2. The molecule has 19 heavy (non-hydrogen) atoms. The van der Waals surface area contributed by atoms with Crippen molar-refractivity contribution in [2.75, 3.05) is 6.54 Å². The van der Waals surface area contributed by atoms with Crippen molar-refractivity contribution in [3.8, 4) is 5.75 Å². The molecule has 2 rings (SSSR count). The molecular weight excluding hydrogens is 326 g/mol. The van der Waals surface area contributed by atoms with Crippen LogP contribution in [0.5, 0.6) is 5.75 Å². The van der Waals surface area contributed by atoms with E-state index in [9.17, 15) is 5.11 Å². The van der Waals surface area contributed by atoms with Crippen molar-refractivity contribution in [1.82, 2.24) is 5.32 Å². The minimum Gasteiger partial charge on any atom is -0.508 e. The first-order valence-corrected chi connectivity index (χ1v) is 7.25. The molecule has 0 saturated heterocycles. The number of phenolic OH excluding ortho intramolecular Hbond substituents is 1. The van der Waals surface area contributed by atoms with Crippen LogP contribution in [-0.2, 0) is 13.0 Å². The van der Waals surface area contributed by atoms with E-state index in [1.807, 2.05) is 30.3 Å². The highest BCUT2D eigenvalue weighted by Gasteiger charge is 2.00. The van der Waals surface area contributed by atoms with E-state index in [4.69, 9.17) is 11.6 Å². The van der Waals surface area contributed by atoms with Crippen molar-refractivity contribution in [3.63, 3.8) is 0 Å². The number of hydrogen-bond acceptors (Lipinski definition) is 2. The fourth-order valence-electron chi connectivity index (χ4n) is 1.80. The van der Waals surface area contributed by atoms with Crippen LogP contribution in [0.15, 0.2) is 46.9 Å². The van der Waals surface area contributed by atoms with Crippen LogP contribution < -0.4 is 5.32 Å². The summed E-state index contributed by atoms with van der Waals surface area (Å²) in [6, 6.07) is 13.1. The van der Waals surface area contributed by atoms with Crippen LogP contribution in [0.4, 0.5) is 0 Å². The minimum atomic E-state index is 0.305. The second-order valence-electron chi connectivity index (χ2n) is 4.33. The van der Waals surface area contributed by atoms with Gasteiger partial charge >= 0.3 is 0 Å². The number of halogens is 2. The zero-order valence-electron chi connectivity index (χ0n) is 10.4. The number of nitrogens with one attached hydrogen (secondary N) is 1. The van der Waals surface area contributed by atoms with E-state index in [1.165, 1.54) is 5.56 Å². The zero-order valence-corrected chi connectivity index (χ0v) is 12.7. The number of aromatic hydroxyl groups is 1. The molecule has 0 amide bonds. The van der Waals surface area contributed by atoms with E-state index in [1.54, 1.807) is 12.1 Å². The SMILES string of the molecule is Oc1ccc(CCNCc2cc(Cl)ccc2Br)cc1. The van der Waals surface area contributed by atoms with Gasteiger partial charge in [0.15, 0.2) is 0 Å². The Morgan fingerprint density at radius 2 is 1.84 bits per heavy atom. The molecule has 2 aromatic rings. The molecule has 0 aromatic heterocycles. The lowest BCUT2D eigenvalue weighted by Crippen LogP contribution is -2.16. The molecule has 2 N–H and O–H groups in total. The van der Waals surface area contributed by atoms with Crippen LogP contribution in [0.1, 0.15) is 11.1 Å². The van der Waals surface area contributed by atoms with Crippen LogP contribution in [0.25, 0.3) is 0 Å². The van der Waals surface area contributed by atoms with Gasteiger partial charge in [-0.15, -0.1) is 0 Å². The smallest absolute Gasteiger partial charge is 0.115 e. The van der Waals surface area contributed by atoms with E-state index < -0.39 is 0 Å². The van der Waals surface area contributed by atoms with E-state index in [0.717, 1.165) is 34.6 Å². The molecule has 0 aliphatic heterocycles. The Bertz CT molecular complexity index is 542. The Labute approximate surface area is 126 Å². The van der Waals surface area contributed by atoms with Gasteiger partial charge in [0.1, 0.15) is 5.75 Å². The summed E-state index contributed by atoms with van der Waals surface area (Å²) < 4.78 is 1.06. The Morgan fingerprint density at radius 1 is 1.11 bits per heavy atom. The largest absolute Gasteiger partial charge is 0.508 e. The van der Waals surface area contributed by atoms with Gasteiger partial charge in [0.05, 0.1) is 0 Å². The zero-order chi connectivity index (χ0) is 13.7. The molecule has 0 aliphatic carbocycles. The lowest BCUT2D eigenvalue weighted by molar-refractivity contribution is 0.475. The van der Waals surface area contributed by atoms with E-state index in [0.29, 0.717) is 5.75 Å². The summed E-state index contributed by atoms with van der Waals surface area (Å²) in [6.45, 7) is 1.66. The molecule has 0 radical (unpaired) electrons. The van der Waals surface area contributed by atoms with Gasteiger partial charge in [0.2, 0.25) is 0 Å². The predicted molar refractivity (Wildman–Crippen MR) is 82.7 cm³/mol. The Balaban J connectivity index is 1.80. The highest BCUT2D eigenvalue weighted by atomic mass is 79.9. The van der Waals surface area contributed by atoms with Gasteiger partial charge in [-0.25, -0.2) is 0 Å². The van der Waals surface area contributed by atoms with Crippen molar-refractivity contribution in [1.29, 1.82) is 0 Å². The summed E-state index contributed by atoms with van der Waals surface area (Å²) in [4.78, 5) is 0. The third kappa shape index (κ3) is 4.53. The molecule has 0 spiro atoms. The summed E-state index contributed by atoms with van der Waals surface area (Å²) in [6.07, 6.45) is 0.929. The molecule has 0 saturated carbocycles. The first-order chi connectivity index (χ1) is 9.15. The maximum absolute atomic E-state index is 9.20. The molecular formula is C15H15BrClNO. The highest BCUT2D eigenvalue weighted by Crippen LogP contribution is 2.20. The number of phenols is 1. The molecule has 0 atom stereocenters. The van der Waals surface area contributed by atoms with Crippen LogP contribution in [0, 0.1) is 0 Å². The van der Waals surface area contributed by atoms with Crippen LogP contribution >= 0.6 is 27.5 Å². The van der Waals surface area contributed by atoms with Crippen LogP contribution in [0.3, 0.4) is 0 Å². The second kappa shape index (κ2) is 6.94. The van der Waals surface area contributed by atoms with Crippen LogP contribution in [-0.4, -0.2) is 11.7 Å². The lowest BCUT2D eigenvalue weighted by Gasteiger charge is -2.07. The van der Waals surface area contributed by atoms with Gasteiger partial charge in [0.25, 0.3) is 0 Å². The molecule has 0 fully saturated rings. The molecule has 0 heterocycles. The fraction of sp³-hybridized carbons (Fsp3) is 0.200. The van der Waals surface area contributed by atoms with Gasteiger partial charge in [-0.05, 0) is 54.4 Å². The monoisotopic (exact) mass is 339 g/mol.